The minimum absolute atomic E-state index is 1.25. The summed E-state index contributed by atoms with van der Waals surface area (Å²) in [7, 11) is 0. The van der Waals surface area contributed by atoms with Gasteiger partial charge in [-0.25, -0.2) is 0 Å². The van der Waals surface area contributed by atoms with Crippen molar-refractivity contribution in [3.8, 4) is 6.19 Å². The summed E-state index contributed by atoms with van der Waals surface area (Å²) in [5.41, 5.74) is 4.15. The molecule has 0 aromatic rings. The monoisotopic (exact) mass is 228 g/mol. The van der Waals surface area contributed by atoms with Crippen molar-refractivity contribution in [3.63, 3.8) is 0 Å². The van der Waals surface area contributed by atoms with Crippen LogP contribution in [0.1, 0.15) is 53.4 Å². The van der Waals surface area contributed by atoms with Gasteiger partial charge in [-0.05, 0) is 25.7 Å². The summed E-state index contributed by atoms with van der Waals surface area (Å²) in [4.78, 5) is 0. The molecule has 3 heteroatoms. The Morgan fingerprint density at radius 2 is 1.00 bits per heavy atom. The highest BCUT2D eigenvalue weighted by Crippen LogP contribution is 2.12. The highest BCUT2D eigenvalue weighted by Gasteiger charge is 2.22. The van der Waals surface area contributed by atoms with Gasteiger partial charge >= 0.3 is 0 Å². The Balaban J connectivity index is 0. The van der Waals surface area contributed by atoms with E-state index in [0.717, 1.165) is 0 Å². The molecule has 0 saturated carbocycles. The molecule has 0 heterocycles. The van der Waals surface area contributed by atoms with E-state index in [1.165, 1.54) is 62.5 Å². The molecule has 0 radical (unpaired) electrons. The van der Waals surface area contributed by atoms with Gasteiger partial charge in [-0.2, -0.15) is 5.26 Å². The fourth-order valence-corrected chi connectivity index (χ4v) is 2.57. The van der Waals surface area contributed by atoms with Gasteiger partial charge in [-0.15, -0.1) is 0 Å². The molecule has 0 saturated heterocycles. The standard InChI is InChI=1S/C12H28N.CH2N2/c1-5-9-13(10-6-2,11-7-3)12-8-4;2-1-3/h5-12H2,1-4H3;2H2/q+1;. The van der Waals surface area contributed by atoms with E-state index in [1.807, 2.05) is 0 Å². The second kappa shape index (κ2) is 12.3. The molecule has 0 aliphatic carbocycles. The van der Waals surface area contributed by atoms with E-state index in [-0.39, 0.29) is 0 Å². The summed E-state index contributed by atoms with van der Waals surface area (Å²) < 4.78 is 1.38. The van der Waals surface area contributed by atoms with Gasteiger partial charge in [0.15, 0.2) is 6.19 Å². The van der Waals surface area contributed by atoms with Crippen molar-refractivity contribution < 1.29 is 4.48 Å². The average molecular weight is 228 g/mol. The van der Waals surface area contributed by atoms with Gasteiger partial charge in [0.05, 0.1) is 26.2 Å². The zero-order valence-corrected chi connectivity index (χ0v) is 11.6. The summed E-state index contributed by atoms with van der Waals surface area (Å²) in [5, 5.41) is 7.10. The molecule has 0 aliphatic heterocycles. The number of nitrogens with zero attached hydrogens (tertiary/aromatic N) is 2. The molecule has 0 fully saturated rings. The van der Waals surface area contributed by atoms with Gasteiger partial charge in [0.2, 0.25) is 0 Å². The minimum atomic E-state index is 1.25. The summed E-state index contributed by atoms with van der Waals surface area (Å²) in [6.45, 7) is 14.8. The van der Waals surface area contributed by atoms with Gasteiger partial charge in [0.1, 0.15) is 0 Å². The fourth-order valence-electron chi connectivity index (χ4n) is 2.57. The first kappa shape index (κ1) is 17.6. The van der Waals surface area contributed by atoms with Gasteiger partial charge in [-0.1, -0.05) is 27.7 Å². The first-order valence-corrected chi connectivity index (χ1v) is 6.61. The van der Waals surface area contributed by atoms with Crippen molar-refractivity contribution in [3.05, 3.63) is 0 Å². The molecule has 96 valence electrons. The Labute approximate surface area is 102 Å². The van der Waals surface area contributed by atoms with Crippen molar-refractivity contribution in [2.24, 2.45) is 5.73 Å². The predicted octanol–water partition coefficient (Wildman–Crippen LogP) is 2.87. The minimum Gasteiger partial charge on any atom is -0.337 e. The van der Waals surface area contributed by atoms with Crippen LogP contribution in [0.15, 0.2) is 0 Å². The molecular formula is C13H30N3+. The van der Waals surface area contributed by atoms with Gasteiger partial charge in [0, 0.05) is 0 Å². The first-order valence-electron chi connectivity index (χ1n) is 6.61. The van der Waals surface area contributed by atoms with E-state index >= 15 is 0 Å². The van der Waals surface area contributed by atoms with E-state index < -0.39 is 0 Å². The quantitative estimate of drug-likeness (QED) is 0.394. The lowest BCUT2D eigenvalue weighted by molar-refractivity contribution is -0.928. The van der Waals surface area contributed by atoms with Crippen LogP contribution in [0.5, 0.6) is 0 Å². The number of hydrogen-bond acceptors (Lipinski definition) is 2. The summed E-state index contributed by atoms with van der Waals surface area (Å²) >= 11 is 0. The second-order valence-electron chi connectivity index (χ2n) is 4.37. The number of nitrogens with two attached hydrogens (primary N) is 1. The Bertz CT molecular complexity index is 143. The van der Waals surface area contributed by atoms with E-state index in [4.69, 9.17) is 5.26 Å². The predicted molar refractivity (Wildman–Crippen MR) is 70.7 cm³/mol. The summed E-state index contributed by atoms with van der Waals surface area (Å²) in [6, 6.07) is 0. The lowest BCUT2D eigenvalue weighted by Gasteiger charge is -2.38. The summed E-state index contributed by atoms with van der Waals surface area (Å²) in [5.74, 6) is 0. The lowest BCUT2D eigenvalue weighted by Crippen LogP contribution is -2.50. The molecule has 0 bridgehead atoms. The molecule has 0 atom stereocenters. The Kier molecular flexibility index (Phi) is 13.6. The molecule has 3 nitrogen and oxygen atoms in total. The largest absolute Gasteiger partial charge is 0.337 e. The van der Waals surface area contributed by atoms with Crippen molar-refractivity contribution in [2.75, 3.05) is 26.2 Å². The Morgan fingerprint density at radius 3 is 1.12 bits per heavy atom. The fraction of sp³-hybridized carbons (Fsp3) is 0.923. The third-order valence-corrected chi connectivity index (χ3v) is 2.79. The molecule has 0 aliphatic rings. The molecule has 2 N–H and O–H groups in total. The van der Waals surface area contributed by atoms with Crippen LogP contribution in [-0.2, 0) is 0 Å². The van der Waals surface area contributed by atoms with Crippen molar-refractivity contribution in [1.29, 1.82) is 5.26 Å². The molecule has 0 unspecified atom stereocenters. The second-order valence-corrected chi connectivity index (χ2v) is 4.37. The SMILES string of the molecule is CCC[N+](CCC)(CCC)CCC.N#CN. The third kappa shape index (κ3) is 8.55. The van der Waals surface area contributed by atoms with Crippen LogP contribution in [0.25, 0.3) is 0 Å². The topological polar surface area (TPSA) is 49.8 Å². The van der Waals surface area contributed by atoms with Crippen LogP contribution in [0.4, 0.5) is 0 Å². The Morgan fingerprint density at radius 1 is 0.812 bits per heavy atom. The van der Waals surface area contributed by atoms with Crippen LogP contribution < -0.4 is 5.73 Å². The molecule has 0 aromatic carbocycles. The number of quaternary nitrogens is 1. The third-order valence-electron chi connectivity index (χ3n) is 2.79. The smallest absolute Gasteiger partial charge is 0.173 e. The van der Waals surface area contributed by atoms with Crippen molar-refractivity contribution in [1.82, 2.24) is 0 Å². The van der Waals surface area contributed by atoms with E-state index in [2.05, 4.69) is 33.4 Å². The normalized spacial score (nSPS) is 10.2. The zero-order chi connectivity index (χ0) is 12.9. The molecule has 16 heavy (non-hydrogen) atoms. The number of nitriles is 1. The van der Waals surface area contributed by atoms with Crippen LogP contribution in [0, 0.1) is 11.5 Å². The van der Waals surface area contributed by atoms with Crippen LogP contribution >= 0.6 is 0 Å². The zero-order valence-electron chi connectivity index (χ0n) is 11.6. The van der Waals surface area contributed by atoms with E-state index in [9.17, 15) is 0 Å². The molecule has 0 rings (SSSR count). The molecule has 0 amide bonds. The van der Waals surface area contributed by atoms with Crippen LogP contribution in [0.3, 0.4) is 0 Å². The first-order chi connectivity index (χ1) is 7.66. The molecule has 0 aromatic heterocycles. The molecular weight excluding hydrogens is 198 g/mol. The van der Waals surface area contributed by atoms with Gasteiger partial charge in [-0.3, -0.25) is 0 Å². The highest BCUT2D eigenvalue weighted by molar-refractivity contribution is 4.46. The van der Waals surface area contributed by atoms with Crippen molar-refractivity contribution >= 4 is 0 Å². The highest BCUT2D eigenvalue weighted by atomic mass is 15.3. The lowest BCUT2D eigenvalue weighted by atomic mass is 10.2. The van der Waals surface area contributed by atoms with Crippen molar-refractivity contribution in [2.45, 2.75) is 53.4 Å². The Hall–Kier alpha value is -0.750. The van der Waals surface area contributed by atoms with Gasteiger partial charge < -0.3 is 10.2 Å². The maximum atomic E-state index is 7.10. The maximum absolute atomic E-state index is 7.10. The van der Waals surface area contributed by atoms with E-state index in [1.54, 1.807) is 0 Å². The molecule has 0 spiro atoms. The van der Waals surface area contributed by atoms with Crippen LogP contribution in [-0.4, -0.2) is 30.7 Å². The van der Waals surface area contributed by atoms with E-state index in [0.29, 0.717) is 0 Å². The average Bonchev–Trinajstić information content (AvgIpc) is 2.20. The van der Waals surface area contributed by atoms with Crippen LogP contribution in [0.2, 0.25) is 0 Å². The maximum Gasteiger partial charge on any atom is 0.173 e. The van der Waals surface area contributed by atoms with Gasteiger partial charge in [0.25, 0.3) is 0 Å². The number of rotatable bonds is 8. The summed E-state index contributed by atoms with van der Waals surface area (Å²) in [6.07, 6.45) is 6.58. The number of hydrogen-bond donors (Lipinski definition) is 1.